The van der Waals surface area contributed by atoms with Crippen LogP contribution in [0.2, 0.25) is 0 Å². The minimum Gasteiger partial charge on any atom is -0.478 e. The Morgan fingerprint density at radius 1 is 0.929 bits per heavy atom. The molecule has 0 radical (unpaired) electrons. The number of aromatic amines is 1. The van der Waals surface area contributed by atoms with E-state index in [9.17, 15) is 9.90 Å². The first-order chi connectivity index (χ1) is 13.7. The van der Waals surface area contributed by atoms with E-state index in [2.05, 4.69) is 58.3 Å². The number of carboxylic acids is 1. The first-order valence-corrected chi connectivity index (χ1v) is 9.58. The molecular formula is C24H23N2O2+. The van der Waals surface area contributed by atoms with Gasteiger partial charge in [0.05, 0.1) is 5.56 Å². The van der Waals surface area contributed by atoms with E-state index in [4.69, 9.17) is 0 Å². The van der Waals surface area contributed by atoms with Gasteiger partial charge >= 0.3 is 5.97 Å². The number of aromatic carboxylic acids is 1. The molecule has 4 aromatic rings. The second-order valence-corrected chi connectivity index (χ2v) is 7.03. The molecule has 0 spiro atoms. The average molecular weight is 371 g/mol. The second-order valence-electron chi connectivity index (χ2n) is 7.03. The van der Waals surface area contributed by atoms with Crippen LogP contribution in [0.1, 0.15) is 28.8 Å². The number of carbonyl (C=O) groups is 1. The lowest BCUT2D eigenvalue weighted by Gasteiger charge is -2.02. The fourth-order valence-electron chi connectivity index (χ4n) is 3.56. The van der Waals surface area contributed by atoms with Gasteiger partial charge in [-0.2, -0.15) is 0 Å². The van der Waals surface area contributed by atoms with Crippen LogP contribution in [0.5, 0.6) is 0 Å². The number of hydrogen-bond acceptors (Lipinski definition) is 1. The zero-order chi connectivity index (χ0) is 19.3. The minimum absolute atomic E-state index is 0.336. The van der Waals surface area contributed by atoms with Gasteiger partial charge in [0.25, 0.3) is 0 Å². The number of nitrogens with zero attached hydrogens (tertiary/aromatic N) is 1. The summed E-state index contributed by atoms with van der Waals surface area (Å²) in [6.07, 6.45) is 9.32. The molecule has 0 aliphatic heterocycles. The van der Waals surface area contributed by atoms with Gasteiger partial charge in [0.15, 0.2) is 12.4 Å². The summed E-state index contributed by atoms with van der Waals surface area (Å²) in [4.78, 5) is 14.4. The van der Waals surface area contributed by atoms with E-state index in [0.29, 0.717) is 5.56 Å². The number of aryl methyl sites for hydroxylation is 2. The number of H-pyrrole nitrogens is 1. The minimum atomic E-state index is -0.885. The predicted molar refractivity (Wildman–Crippen MR) is 110 cm³/mol. The molecule has 0 saturated heterocycles. The molecule has 0 aliphatic rings. The summed E-state index contributed by atoms with van der Waals surface area (Å²) in [7, 11) is 0. The first-order valence-electron chi connectivity index (χ1n) is 9.58. The fourth-order valence-corrected chi connectivity index (χ4v) is 3.56. The summed E-state index contributed by atoms with van der Waals surface area (Å²) in [5.41, 5.74) is 4.97. The highest BCUT2D eigenvalue weighted by Gasteiger charge is 2.09. The van der Waals surface area contributed by atoms with Crippen LogP contribution >= 0.6 is 0 Å². The van der Waals surface area contributed by atoms with E-state index in [-0.39, 0.29) is 0 Å². The highest BCUT2D eigenvalue weighted by Crippen LogP contribution is 2.22. The van der Waals surface area contributed by atoms with E-state index in [0.717, 1.165) is 36.7 Å². The number of unbranched alkanes of at least 4 members (excludes halogenated alkanes) is 1. The number of carboxylic acid groups (broad SMARTS) is 1. The van der Waals surface area contributed by atoms with Gasteiger partial charge in [0.1, 0.15) is 6.54 Å². The van der Waals surface area contributed by atoms with Crippen LogP contribution in [0.3, 0.4) is 0 Å². The number of pyridine rings is 1. The molecule has 140 valence electrons. The van der Waals surface area contributed by atoms with E-state index in [1.165, 1.54) is 16.7 Å². The Kier molecular flexibility index (Phi) is 5.20. The van der Waals surface area contributed by atoms with E-state index < -0.39 is 5.97 Å². The lowest BCUT2D eigenvalue weighted by atomic mass is 10.0. The molecule has 0 amide bonds. The summed E-state index contributed by atoms with van der Waals surface area (Å²) in [5.74, 6) is -0.885. The van der Waals surface area contributed by atoms with Crippen LogP contribution in [-0.2, 0) is 13.0 Å². The molecule has 28 heavy (non-hydrogen) atoms. The average Bonchev–Trinajstić information content (AvgIpc) is 3.14. The molecule has 0 saturated carbocycles. The SMILES string of the molecule is O=C(O)c1ccc2[nH]cc(CCCC[n+]3ccc(-c4ccccc4)cc3)c2c1. The molecule has 0 fully saturated rings. The Hall–Kier alpha value is -3.40. The van der Waals surface area contributed by atoms with E-state index >= 15 is 0 Å². The van der Waals surface area contributed by atoms with Crippen LogP contribution in [0, 0.1) is 0 Å². The zero-order valence-electron chi connectivity index (χ0n) is 15.6. The lowest BCUT2D eigenvalue weighted by molar-refractivity contribution is -0.697. The Labute approximate surface area is 164 Å². The molecule has 2 heterocycles. The molecular weight excluding hydrogens is 348 g/mol. The van der Waals surface area contributed by atoms with Gasteiger partial charge in [-0.1, -0.05) is 30.3 Å². The Morgan fingerprint density at radius 2 is 1.68 bits per heavy atom. The van der Waals surface area contributed by atoms with Gasteiger partial charge in [-0.15, -0.1) is 0 Å². The molecule has 0 aliphatic carbocycles. The standard InChI is InChI=1S/C24H22N2O2/c27-24(28)20-9-10-23-22(16-20)21(17-25-23)8-4-5-13-26-14-11-19(12-15-26)18-6-2-1-3-7-18/h1-3,6-7,9-12,14-17,25H,4-5,8,13H2/p+1. The third kappa shape index (κ3) is 3.96. The summed E-state index contributed by atoms with van der Waals surface area (Å²) in [6, 6.07) is 19.9. The van der Waals surface area contributed by atoms with Gasteiger partial charge in [-0.3, -0.25) is 0 Å². The molecule has 0 unspecified atom stereocenters. The van der Waals surface area contributed by atoms with Crippen molar-refractivity contribution in [2.24, 2.45) is 0 Å². The smallest absolute Gasteiger partial charge is 0.335 e. The monoisotopic (exact) mass is 371 g/mol. The molecule has 4 nitrogen and oxygen atoms in total. The van der Waals surface area contributed by atoms with Crippen LogP contribution in [0.25, 0.3) is 22.0 Å². The molecule has 4 rings (SSSR count). The molecule has 0 bridgehead atoms. The van der Waals surface area contributed by atoms with Crippen molar-refractivity contribution in [3.63, 3.8) is 0 Å². The van der Waals surface area contributed by atoms with Crippen molar-refractivity contribution in [2.45, 2.75) is 25.8 Å². The van der Waals surface area contributed by atoms with Crippen molar-refractivity contribution >= 4 is 16.9 Å². The number of aromatic nitrogens is 2. The third-order valence-corrected chi connectivity index (χ3v) is 5.13. The van der Waals surface area contributed by atoms with Gasteiger partial charge in [0, 0.05) is 35.7 Å². The van der Waals surface area contributed by atoms with Crippen molar-refractivity contribution < 1.29 is 14.5 Å². The molecule has 2 N–H and O–H groups in total. The molecule has 4 heteroatoms. The summed E-state index contributed by atoms with van der Waals surface area (Å²) < 4.78 is 2.21. The summed E-state index contributed by atoms with van der Waals surface area (Å²) in [6.45, 7) is 0.970. The van der Waals surface area contributed by atoms with Crippen LogP contribution in [-0.4, -0.2) is 16.1 Å². The van der Waals surface area contributed by atoms with E-state index in [1.807, 2.05) is 18.3 Å². The van der Waals surface area contributed by atoms with Crippen LogP contribution < -0.4 is 4.57 Å². The van der Waals surface area contributed by atoms with E-state index in [1.54, 1.807) is 12.1 Å². The van der Waals surface area contributed by atoms with Gasteiger partial charge < -0.3 is 10.1 Å². The molecule has 2 aromatic heterocycles. The van der Waals surface area contributed by atoms with Crippen molar-refractivity contribution in [1.29, 1.82) is 0 Å². The maximum Gasteiger partial charge on any atom is 0.335 e. The van der Waals surface area contributed by atoms with Gasteiger partial charge in [-0.25, -0.2) is 9.36 Å². The lowest BCUT2D eigenvalue weighted by Crippen LogP contribution is -2.32. The van der Waals surface area contributed by atoms with Gasteiger partial charge in [-0.05, 0) is 47.7 Å². The normalized spacial score (nSPS) is 11.0. The van der Waals surface area contributed by atoms with Gasteiger partial charge in [0.2, 0.25) is 0 Å². The third-order valence-electron chi connectivity index (χ3n) is 5.13. The maximum absolute atomic E-state index is 11.2. The fraction of sp³-hybridized carbons (Fsp3) is 0.167. The van der Waals surface area contributed by atoms with Crippen LogP contribution in [0.15, 0.2) is 79.3 Å². The Morgan fingerprint density at radius 3 is 2.43 bits per heavy atom. The van der Waals surface area contributed by atoms with Crippen molar-refractivity contribution in [1.82, 2.24) is 4.98 Å². The number of hydrogen-bond donors (Lipinski definition) is 2. The topological polar surface area (TPSA) is 57.0 Å². The highest BCUT2D eigenvalue weighted by molar-refractivity contribution is 5.94. The zero-order valence-corrected chi connectivity index (χ0v) is 15.6. The predicted octanol–water partition coefficient (Wildman–Crippen LogP) is 4.84. The summed E-state index contributed by atoms with van der Waals surface area (Å²) in [5, 5.41) is 10.2. The Bertz CT molecular complexity index is 1080. The highest BCUT2D eigenvalue weighted by atomic mass is 16.4. The number of nitrogens with one attached hydrogen (secondary N) is 1. The largest absolute Gasteiger partial charge is 0.478 e. The van der Waals surface area contributed by atoms with Crippen molar-refractivity contribution in [2.75, 3.05) is 0 Å². The quantitative estimate of drug-likeness (QED) is 0.361. The van der Waals surface area contributed by atoms with Crippen molar-refractivity contribution in [3.05, 3.63) is 90.4 Å². The van der Waals surface area contributed by atoms with Crippen LogP contribution in [0.4, 0.5) is 0 Å². The number of fused-ring (bicyclic) bond motifs is 1. The molecule has 2 aromatic carbocycles. The summed E-state index contributed by atoms with van der Waals surface area (Å²) >= 11 is 0. The van der Waals surface area contributed by atoms with Crippen molar-refractivity contribution in [3.8, 4) is 11.1 Å². The maximum atomic E-state index is 11.2. The number of benzene rings is 2. The molecule has 0 atom stereocenters. The first kappa shape index (κ1) is 18.0. The number of rotatable bonds is 7. The second kappa shape index (κ2) is 8.09. The Balaban J connectivity index is 1.34.